The molecule has 27 heavy (non-hydrogen) atoms. The number of aromatic carboxylic acids is 1. The molecule has 2 heterocycles. The van der Waals surface area contributed by atoms with Crippen LogP contribution in [0.3, 0.4) is 0 Å². The average Bonchev–Trinajstić information content (AvgIpc) is 2.92. The maximum Gasteiger partial charge on any atom is 0.410 e. The smallest absolute Gasteiger partial charge is 0.410 e. The fourth-order valence-corrected chi connectivity index (χ4v) is 3.91. The third-order valence-electron chi connectivity index (χ3n) is 4.18. The highest BCUT2D eigenvalue weighted by atomic mass is 32.1. The number of rotatable bonds is 3. The normalized spacial score (nSPS) is 15.8. The minimum Gasteiger partial charge on any atom is -0.488 e. The van der Waals surface area contributed by atoms with Gasteiger partial charge in [-0.3, -0.25) is 0 Å². The molecule has 1 aromatic heterocycles. The fraction of sp³-hybridized carbons (Fsp3) is 0.474. The number of amides is 1. The number of ether oxygens (including phenoxy) is 2. The summed E-state index contributed by atoms with van der Waals surface area (Å²) in [5.41, 5.74) is -0.555. The molecular formula is C19H22FNO5S. The van der Waals surface area contributed by atoms with Crippen LogP contribution in [0, 0.1) is 5.82 Å². The molecule has 1 aliphatic heterocycles. The third kappa shape index (κ3) is 4.50. The SMILES string of the molecule is CC(C)(C)OC(=O)N1CCC(Oc2c(C(=O)O)sc3ccc(F)cc23)CC1. The lowest BCUT2D eigenvalue weighted by Gasteiger charge is -2.33. The number of hydrogen-bond acceptors (Lipinski definition) is 5. The van der Waals surface area contributed by atoms with Crippen LogP contribution < -0.4 is 4.74 Å². The molecule has 0 saturated carbocycles. The van der Waals surface area contributed by atoms with Gasteiger partial charge in [-0.2, -0.15) is 0 Å². The highest BCUT2D eigenvalue weighted by Crippen LogP contribution is 2.39. The molecule has 1 fully saturated rings. The van der Waals surface area contributed by atoms with Gasteiger partial charge in [0.25, 0.3) is 0 Å². The number of carbonyl (C=O) groups excluding carboxylic acids is 1. The Hall–Kier alpha value is -2.35. The predicted molar refractivity (Wildman–Crippen MR) is 100 cm³/mol. The first-order valence-electron chi connectivity index (χ1n) is 8.74. The summed E-state index contributed by atoms with van der Waals surface area (Å²) in [6.07, 6.45) is 0.480. The van der Waals surface area contributed by atoms with E-state index in [0.717, 1.165) is 11.3 Å². The van der Waals surface area contributed by atoms with E-state index < -0.39 is 17.4 Å². The Balaban J connectivity index is 1.72. The maximum absolute atomic E-state index is 13.6. The van der Waals surface area contributed by atoms with Crippen LogP contribution in [0.2, 0.25) is 0 Å². The summed E-state index contributed by atoms with van der Waals surface area (Å²) in [5, 5.41) is 9.92. The largest absolute Gasteiger partial charge is 0.488 e. The third-order valence-corrected chi connectivity index (χ3v) is 5.32. The molecule has 1 aromatic carbocycles. The van der Waals surface area contributed by atoms with Gasteiger partial charge in [0.15, 0.2) is 10.6 Å². The van der Waals surface area contributed by atoms with E-state index in [-0.39, 0.29) is 22.8 Å². The molecule has 1 amide bonds. The van der Waals surface area contributed by atoms with Gasteiger partial charge in [-0.15, -0.1) is 11.3 Å². The minimum absolute atomic E-state index is 0.0603. The summed E-state index contributed by atoms with van der Waals surface area (Å²) < 4.78 is 25.6. The van der Waals surface area contributed by atoms with E-state index in [2.05, 4.69) is 0 Å². The molecule has 2 aromatic rings. The molecule has 0 aliphatic carbocycles. The number of carboxylic acids is 1. The Morgan fingerprint density at radius 2 is 1.93 bits per heavy atom. The van der Waals surface area contributed by atoms with Crippen LogP contribution >= 0.6 is 11.3 Å². The fourth-order valence-electron chi connectivity index (χ4n) is 2.95. The first kappa shape index (κ1) is 19.4. The van der Waals surface area contributed by atoms with Gasteiger partial charge in [0.2, 0.25) is 0 Å². The number of halogens is 1. The zero-order valence-corrected chi connectivity index (χ0v) is 16.3. The van der Waals surface area contributed by atoms with Crippen molar-refractivity contribution in [2.24, 2.45) is 0 Å². The molecule has 6 nitrogen and oxygen atoms in total. The van der Waals surface area contributed by atoms with E-state index >= 15 is 0 Å². The van der Waals surface area contributed by atoms with Crippen LogP contribution in [0.5, 0.6) is 5.75 Å². The maximum atomic E-state index is 13.6. The number of carbonyl (C=O) groups is 2. The van der Waals surface area contributed by atoms with E-state index in [1.54, 1.807) is 11.0 Å². The Bertz CT molecular complexity index is 865. The van der Waals surface area contributed by atoms with Crippen LogP contribution in [-0.2, 0) is 4.74 Å². The van der Waals surface area contributed by atoms with Crippen LogP contribution in [-0.4, -0.2) is 46.9 Å². The van der Waals surface area contributed by atoms with Crippen LogP contribution in [0.25, 0.3) is 10.1 Å². The highest BCUT2D eigenvalue weighted by molar-refractivity contribution is 7.21. The second-order valence-corrected chi connectivity index (χ2v) is 8.54. The highest BCUT2D eigenvalue weighted by Gasteiger charge is 2.29. The van der Waals surface area contributed by atoms with Crippen molar-refractivity contribution < 1.29 is 28.6 Å². The van der Waals surface area contributed by atoms with E-state index in [0.29, 0.717) is 36.0 Å². The van der Waals surface area contributed by atoms with Crippen molar-refractivity contribution in [1.29, 1.82) is 0 Å². The van der Waals surface area contributed by atoms with Gasteiger partial charge in [0.05, 0.1) is 0 Å². The number of thiophene rings is 1. The lowest BCUT2D eigenvalue weighted by atomic mass is 10.1. The number of benzene rings is 1. The number of nitrogens with zero attached hydrogens (tertiary/aromatic N) is 1. The second-order valence-electron chi connectivity index (χ2n) is 7.49. The van der Waals surface area contributed by atoms with Gasteiger partial charge in [-0.05, 0) is 39.0 Å². The zero-order chi connectivity index (χ0) is 19.8. The summed E-state index contributed by atoms with van der Waals surface area (Å²) in [6.45, 7) is 6.36. The van der Waals surface area contributed by atoms with Gasteiger partial charge in [-0.1, -0.05) is 0 Å². The van der Waals surface area contributed by atoms with E-state index in [4.69, 9.17) is 9.47 Å². The van der Waals surface area contributed by atoms with Crippen molar-refractivity contribution in [3.63, 3.8) is 0 Å². The number of piperidine rings is 1. The van der Waals surface area contributed by atoms with E-state index in [9.17, 15) is 19.1 Å². The predicted octanol–water partition coefficient (Wildman–Crippen LogP) is 4.52. The molecule has 0 bridgehead atoms. The Kier molecular flexibility index (Phi) is 5.28. The summed E-state index contributed by atoms with van der Waals surface area (Å²) >= 11 is 1.07. The Labute approximate surface area is 160 Å². The van der Waals surface area contributed by atoms with Crippen molar-refractivity contribution in [2.45, 2.75) is 45.3 Å². The molecule has 1 saturated heterocycles. The Morgan fingerprint density at radius 3 is 2.52 bits per heavy atom. The second kappa shape index (κ2) is 7.34. The average molecular weight is 395 g/mol. The monoisotopic (exact) mass is 395 g/mol. The van der Waals surface area contributed by atoms with E-state index in [1.807, 2.05) is 20.8 Å². The van der Waals surface area contributed by atoms with Crippen molar-refractivity contribution >= 4 is 33.5 Å². The molecular weight excluding hydrogens is 373 g/mol. The molecule has 1 aliphatic rings. The minimum atomic E-state index is -1.10. The lowest BCUT2D eigenvalue weighted by molar-refractivity contribution is 0.0127. The molecule has 0 unspecified atom stereocenters. The van der Waals surface area contributed by atoms with Gasteiger partial charge in [0.1, 0.15) is 17.5 Å². The number of fused-ring (bicyclic) bond motifs is 1. The van der Waals surface area contributed by atoms with Crippen LogP contribution in [0.1, 0.15) is 43.3 Å². The zero-order valence-electron chi connectivity index (χ0n) is 15.5. The molecule has 0 radical (unpaired) electrons. The molecule has 146 valence electrons. The quantitative estimate of drug-likeness (QED) is 0.827. The van der Waals surface area contributed by atoms with Gasteiger partial charge in [0, 0.05) is 36.0 Å². The Morgan fingerprint density at radius 1 is 1.26 bits per heavy atom. The van der Waals surface area contributed by atoms with Crippen molar-refractivity contribution in [1.82, 2.24) is 4.90 Å². The number of hydrogen-bond donors (Lipinski definition) is 1. The summed E-state index contributed by atoms with van der Waals surface area (Å²) in [6, 6.07) is 4.15. The molecule has 0 spiro atoms. The first-order chi connectivity index (χ1) is 12.6. The van der Waals surface area contributed by atoms with Crippen molar-refractivity contribution in [2.75, 3.05) is 13.1 Å². The summed E-state index contributed by atoms with van der Waals surface area (Å²) in [4.78, 5) is 25.4. The van der Waals surface area contributed by atoms with Gasteiger partial charge in [-0.25, -0.2) is 14.0 Å². The number of carboxylic acid groups (broad SMARTS) is 1. The first-order valence-corrected chi connectivity index (χ1v) is 9.55. The van der Waals surface area contributed by atoms with Crippen molar-refractivity contribution in [3.05, 3.63) is 28.9 Å². The van der Waals surface area contributed by atoms with Gasteiger partial charge >= 0.3 is 12.1 Å². The summed E-state index contributed by atoms with van der Waals surface area (Å²) in [7, 11) is 0. The van der Waals surface area contributed by atoms with Crippen molar-refractivity contribution in [3.8, 4) is 5.75 Å². The van der Waals surface area contributed by atoms with Crippen LogP contribution in [0.4, 0.5) is 9.18 Å². The lowest BCUT2D eigenvalue weighted by Crippen LogP contribution is -2.44. The molecule has 8 heteroatoms. The van der Waals surface area contributed by atoms with Crippen LogP contribution in [0.15, 0.2) is 18.2 Å². The topological polar surface area (TPSA) is 76.1 Å². The van der Waals surface area contributed by atoms with E-state index in [1.165, 1.54) is 12.1 Å². The van der Waals surface area contributed by atoms with Gasteiger partial charge < -0.3 is 19.5 Å². The summed E-state index contributed by atoms with van der Waals surface area (Å²) in [5.74, 6) is -1.34. The molecule has 3 rings (SSSR count). The number of likely N-dealkylation sites (tertiary alicyclic amines) is 1. The molecule has 1 N–H and O–H groups in total. The standard InChI is InChI=1S/C19H22FNO5S/c1-19(2,3)26-18(24)21-8-6-12(7-9-21)25-15-13-10-11(20)4-5-14(13)27-16(15)17(22)23/h4-5,10,12H,6-9H2,1-3H3,(H,22,23). The molecule has 0 atom stereocenters.